The van der Waals surface area contributed by atoms with Gasteiger partial charge >= 0.3 is 0 Å². The third-order valence-corrected chi connectivity index (χ3v) is 5.00. The van der Waals surface area contributed by atoms with E-state index in [2.05, 4.69) is 5.32 Å². The van der Waals surface area contributed by atoms with Crippen LogP contribution in [0.3, 0.4) is 0 Å². The summed E-state index contributed by atoms with van der Waals surface area (Å²) in [5, 5.41) is 14.1. The summed E-state index contributed by atoms with van der Waals surface area (Å²) in [6, 6.07) is 3.87. The third kappa shape index (κ3) is 3.33. The van der Waals surface area contributed by atoms with Gasteiger partial charge in [-0.2, -0.15) is 0 Å². The molecule has 2 rings (SSSR count). The lowest BCUT2D eigenvalue weighted by molar-refractivity contribution is -0.384. The standard InChI is InChI=1S/C13H18N2O5S/c1-20-13(6-3-7-13)9-14-11-5-4-10(21(2,18)19)8-12(11)15(16)17/h4-5,8,14H,3,6-7,9H2,1-2H3. The van der Waals surface area contributed by atoms with Gasteiger partial charge in [-0.15, -0.1) is 0 Å². The molecule has 0 bridgehead atoms. The zero-order chi connectivity index (χ0) is 15.7. The molecule has 1 N–H and O–H groups in total. The zero-order valence-electron chi connectivity index (χ0n) is 12.0. The molecule has 0 atom stereocenters. The number of nitro groups is 1. The largest absolute Gasteiger partial charge is 0.377 e. The van der Waals surface area contributed by atoms with Crippen LogP contribution in [-0.4, -0.2) is 38.9 Å². The molecule has 1 aromatic rings. The van der Waals surface area contributed by atoms with Gasteiger partial charge in [-0.3, -0.25) is 10.1 Å². The van der Waals surface area contributed by atoms with E-state index in [1.807, 2.05) is 0 Å². The fourth-order valence-corrected chi connectivity index (χ4v) is 2.96. The molecule has 1 aliphatic carbocycles. The molecule has 8 heteroatoms. The maximum atomic E-state index is 11.5. The second-order valence-corrected chi connectivity index (χ2v) is 7.32. The molecule has 0 saturated heterocycles. The Hall–Kier alpha value is -1.67. The highest BCUT2D eigenvalue weighted by atomic mass is 32.2. The van der Waals surface area contributed by atoms with Gasteiger partial charge in [0.2, 0.25) is 0 Å². The van der Waals surface area contributed by atoms with Crippen LogP contribution in [0, 0.1) is 10.1 Å². The van der Waals surface area contributed by atoms with E-state index in [1.165, 1.54) is 12.1 Å². The zero-order valence-corrected chi connectivity index (χ0v) is 12.8. The number of hydrogen-bond donors (Lipinski definition) is 1. The predicted octanol–water partition coefficient (Wildman–Crippen LogP) is 1.98. The molecule has 1 aliphatic rings. The molecule has 21 heavy (non-hydrogen) atoms. The molecule has 0 radical (unpaired) electrons. The molecule has 1 saturated carbocycles. The Morgan fingerprint density at radius 2 is 2.10 bits per heavy atom. The smallest absolute Gasteiger partial charge is 0.293 e. The van der Waals surface area contributed by atoms with E-state index < -0.39 is 14.8 Å². The van der Waals surface area contributed by atoms with Crippen molar-refractivity contribution >= 4 is 21.2 Å². The van der Waals surface area contributed by atoms with E-state index in [-0.39, 0.29) is 16.2 Å². The van der Waals surface area contributed by atoms with Crippen LogP contribution in [0.5, 0.6) is 0 Å². The second-order valence-electron chi connectivity index (χ2n) is 5.30. The van der Waals surface area contributed by atoms with Crippen molar-refractivity contribution in [3.63, 3.8) is 0 Å². The lowest BCUT2D eigenvalue weighted by Crippen LogP contribution is -2.45. The number of benzene rings is 1. The fourth-order valence-electron chi connectivity index (χ4n) is 2.32. The van der Waals surface area contributed by atoms with E-state index >= 15 is 0 Å². The molecule has 116 valence electrons. The molecule has 0 spiro atoms. The van der Waals surface area contributed by atoms with Crippen molar-refractivity contribution in [3.05, 3.63) is 28.3 Å². The maximum Gasteiger partial charge on any atom is 0.293 e. The van der Waals surface area contributed by atoms with E-state index in [0.29, 0.717) is 12.2 Å². The Bertz CT molecular complexity index is 647. The van der Waals surface area contributed by atoms with Gasteiger partial charge in [0.25, 0.3) is 5.69 Å². The molecule has 0 heterocycles. The first-order valence-electron chi connectivity index (χ1n) is 6.55. The van der Waals surface area contributed by atoms with Gasteiger partial charge in [-0.1, -0.05) is 0 Å². The lowest BCUT2D eigenvalue weighted by atomic mass is 9.80. The Morgan fingerprint density at radius 3 is 2.52 bits per heavy atom. The summed E-state index contributed by atoms with van der Waals surface area (Å²) >= 11 is 0. The summed E-state index contributed by atoms with van der Waals surface area (Å²) in [5.74, 6) is 0. The van der Waals surface area contributed by atoms with Crippen molar-refractivity contribution in [1.29, 1.82) is 0 Å². The summed E-state index contributed by atoms with van der Waals surface area (Å²) in [7, 11) is -1.85. The number of sulfone groups is 1. The predicted molar refractivity (Wildman–Crippen MR) is 78.3 cm³/mol. The molecule has 1 aromatic carbocycles. The van der Waals surface area contributed by atoms with Crippen molar-refractivity contribution in [2.75, 3.05) is 25.2 Å². The molecule has 7 nitrogen and oxygen atoms in total. The van der Waals surface area contributed by atoms with Gasteiger partial charge in [-0.25, -0.2) is 8.42 Å². The summed E-state index contributed by atoms with van der Waals surface area (Å²) < 4.78 is 28.4. The SMILES string of the molecule is COC1(CNc2ccc(S(C)(=O)=O)cc2[N+](=O)[O-])CCC1. The summed E-state index contributed by atoms with van der Waals surface area (Å²) in [5.41, 5.74) is -0.220. The minimum atomic E-state index is -3.47. The molecule has 0 unspecified atom stereocenters. The van der Waals surface area contributed by atoms with Crippen molar-refractivity contribution in [2.45, 2.75) is 29.8 Å². The Balaban J connectivity index is 2.25. The molecule has 0 aliphatic heterocycles. The van der Waals surface area contributed by atoms with Gasteiger partial charge in [-0.05, 0) is 31.4 Å². The van der Waals surface area contributed by atoms with E-state index in [9.17, 15) is 18.5 Å². The number of anilines is 1. The average molecular weight is 314 g/mol. The Labute approximate surface area is 123 Å². The highest BCUT2D eigenvalue weighted by Crippen LogP contribution is 2.36. The minimum Gasteiger partial charge on any atom is -0.377 e. The van der Waals surface area contributed by atoms with Crippen LogP contribution in [0.15, 0.2) is 23.1 Å². The number of ether oxygens (including phenoxy) is 1. The first kappa shape index (κ1) is 15.7. The quantitative estimate of drug-likeness (QED) is 0.637. The van der Waals surface area contributed by atoms with Crippen molar-refractivity contribution < 1.29 is 18.1 Å². The normalized spacial score (nSPS) is 17.0. The molecule has 1 fully saturated rings. The second kappa shape index (κ2) is 5.61. The van der Waals surface area contributed by atoms with E-state index in [0.717, 1.165) is 31.6 Å². The van der Waals surface area contributed by atoms with Gasteiger partial charge < -0.3 is 10.1 Å². The number of nitrogens with one attached hydrogen (secondary N) is 1. The first-order valence-corrected chi connectivity index (χ1v) is 8.44. The van der Waals surface area contributed by atoms with Crippen LogP contribution >= 0.6 is 0 Å². The lowest BCUT2D eigenvalue weighted by Gasteiger charge is -2.40. The van der Waals surface area contributed by atoms with Crippen LogP contribution in [0.1, 0.15) is 19.3 Å². The number of nitrogens with zero attached hydrogens (tertiary/aromatic N) is 1. The van der Waals surface area contributed by atoms with Crippen molar-refractivity contribution in [3.8, 4) is 0 Å². The van der Waals surface area contributed by atoms with Gasteiger partial charge in [0, 0.05) is 26.0 Å². The molecular weight excluding hydrogens is 296 g/mol. The monoisotopic (exact) mass is 314 g/mol. The number of nitro benzene ring substituents is 1. The molecule has 0 amide bonds. The van der Waals surface area contributed by atoms with E-state index in [1.54, 1.807) is 7.11 Å². The maximum absolute atomic E-state index is 11.5. The third-order valence-electron chi connectivity index (χ3n) is 3.89. The molecular formula is C13H18N2O5S. The molecule has 0 aromatic heterocycles. The van der Waals surface area contributed by atoms with Crippen LogP contribution in [0.25, 0.3) is 0 Å². The topological polar surface area (TPSA) is 98.5 Å². The van der Waals surface area contributed by atoms with Gasteiger partial charge in [0.1, 0.15) is 5.69 Å². The highest BCUT2D eigenvalue weighted by molar-refractivity contribution is 7.90. The van der Waals surface area contributed by atoms with Crippen LogP contribution in [-0.2, 0) is 14.6 Å². The van der Waals surface area contributed by atoms with Gasteiger partial charge in [0.15, 0.2) is 9.84 Å². The number of hydrogen-bond acceptors (Lipinski definition) is 6. The average Bonchev–Trinajstić information content (AvgIpc) is 2.36. The first-order chi connectivity index (χ1) is 9.77. The summed E-state index contributed by atoms with van der Waals surface area (Å²) in [6.45, 7) is 0.461. The number of rotatable bonds is 6. The van der Waals surface area contributed by atoms with Gasteiger partial charge in [0.05, 0.1) is 15.4 Å². The minimum absolute atomic E-state index is 0.0650. The van der Waals surface area contributed by atoms with Crippen LogP contribution in [0.2, 0.25) is 0 Å². The Kier molecular flexibility index (Phi) is 4.20. The van der Waals surface area contributed by atoms with E-state index in [4.69, 9.17) is 4.74 Å². The van der Waals surface area contributed by atoms with Crippen molar-refractivity contribution in [1.82, 2.24) is 0 Å². The highest BCUT2D eigenvalue weighted by Gasteiger charge is 2.37. The summed E-state index contributed by atoms with van der Waals surface area (Å²) in [6.07, 6.45) is 3.91. The van der Waals surface area contributed by atoms with Crippen molar-refractivity contribution in [2.24, 2.45) is 0 Å². The van der Waals surface area contributed by atoms with Crippen LogP contribution < -0.4 is 5.32 Å². The fraction of sp³-hybridized carbons (Fsp3) is 0.538. The summed E-state index contributed by atoms with van der Waals surface area (Å²) in [4.78, 5) is 10.5. The van der Waals surface area contributed by atoms with Crippen LogP contribution in [0.4, 0.5) is 11.4 Å². The Morgan fingerprint density at radius 1 is 1.43 bits per heavy atom. The number of methoxy groups -OCH3 is 1.